The van der Waals surface area contributed by atoms with Crippen LogP contribution in [0, 0.1) is 5.92 Å². The molecular weight excluding hydrogens is 320 g/mol. The van der Waals surface area contributed by atoms with Gasteiger partial charge in [-0.05, 0) is 26.2 Å². The van der Waals surface area contributed by atoms with E-state index in [-0.39, 0.29) is 18.3 Å². The molecule has 0 radical (unpaired) electrons. The van der Waals surface area contributed by atoms with Crippen LogP contribution in [0.5, 0.6) is 0 Å². The highest BCUT2D eigenvalue weighted by Gasteiger charge is 2.26. The van der Waals surface area contributed by atoms with Gasteiger partial charge in [-0.15, -0.1) is 0 Å². The van der Waals surface area contributed by atoms with Crippen molar-refractivity contribution in [1.82, 2.24) is 0 Å². The van der Waals surface area contributed by atoms with E-state index in [2.05, 4.69) is 27.7 Å². The topological polar surface area (TPSA) is 57.2 Å². The third kappa shape index (κ3) is 13.6. The molecule has 0 aromatic rings. The van der Waals surface area contributed by atoms with Gasteiger partial charge in [-0.3, -0.25) is 0 Å². The summed E-state index contributed by atoms with van der Waals surface area (Å²) in [6, 6.07) is 0. The minimum Gasteiger partial charge on any atom is -0.391 e. The highest BCUT2D eigenvalue weighted by atomic mass is 16.7. The van der Waals surface area contributed by atoms with E-state index >= 15 is 0 Å². The molecule has 1 unspecified atom stereocenters. The molecule has 5 nitrogen and oxygen atoms in total. The Balaban J connectivity index is 4.51. The molecule has 0 aromatic heterocycles. The van der Waals surface area contributed by atoms with E-state index in [4.69, 9.17) is 18.9 Å². The fourth-order valence-corrected chi connectivity index (χ4v) is 2.19. The third-order valence-electron chi connectivity index (χ3n) is 4.04. The highest BCUT2D eigenvalue weighted by Crippen LogP contribution is 2.16. The molecule has 0 bridgehead atoms. The zero-order chi connectivity index (χ0) is 18.9. The molecule has 25 heavy (non-hydrogen) atoms. The first-order valence-electron chi connectivity index (χ1n) is 10.2. The molecule has 0 spiro atoms. The lowest BCUT2D eigenvalue weighted by Gasteiger charge is -2.30. The van der Waals surface area contributed by atoms with Gasteiger partial charge in [0.05, 0.1) is 19.3 Å². The third-order valence-corrected chi connectivity index (χ3v) is 4.04. The molecule has 0 aliphatic carbocycles. The van der Waals surface area contributed by atoms with E-state index in [1.54, 1.807) is 6.92 Å². The van der Waals surface area contributed by atoms with Gasteiger partial charge in [0.15, 0.2) is 6.29 Å². The monoisotopic (exact) mass is 362 g/mol. The number of aliphatic hydroxyl groups excluding tert-OH is 1. The molecule has 152 valence electrons. The van der Waals surface area contributed by atoms with Gasteiger partial charge in [-0.25, -0.2) is 0 Å². The van der Waals surface area contributed by atoms with Gasteiger partial charge in [0, 0.05) is 25.7 Å². The summed E-state index contributed by atoms with van der Waals surface area (Å²) in [6.07, 6.45) is 5.00. The predicted octanol–water partition coefficient (Wildman–Crippen LogP) is 4.16. The van der Waals surface area contributed by atoms with Crippen molar-refractivity contribution in [2.75, 3.05) is 33.0 Å². The second-order valence-corrected chi connectivity index (χ2v) is 6.84. The summed E-state index contributed by atoms with van der Waals surface area (Å²) in [6.45, 7) is 13.3. The molecular formula is C20H42O5. The van der Waals surface area contributed by atoms with Gasteiger partial charge in [0.25, 0.3) is 0 Å². The Hall–Kier alpha value is -0.200. The van der Waals surface area contributed by atoms with Gasteiger partial charge in [-0.1, -0.05) is 47.0 Å². The van der Waals surface area contributed by atoms with Crippen LogP contribution in [-0.2, 0) is 18.9 Å². The second kappa shape index (κ2) is 17.2. The van der Waals surface area contributed by atoms with Gasteiger partial charge >= 0.3 is 0 Å². The van der Waals surface area contributed by atoms with Crippen LogP contribution in [0.1, 0.15) is 73.1 Å². The molecule has 0 saturated heterocycles. The minimum absolute atomic E-state index is 0.102. The molecule has 0 aromatic carbocycles. The summed E-state index contributed by atoms with van der Waals surface area (Å²) in [7, 11) is 0. The van der Waals surface area contributed by atoms with Crippen molar-refractivity contribution in [2.45, 2.75) is 91.6 Å². The van der Waals surface area contributed by atoms with Crippen LogP contribution in [0.25, 0.3) is 0 Å². The average Bonchev–Trinajstić information content (AvgIpc) is 2.59. The number of unbranched alkanes of at least 4 members (excludes halogenated alkanes) is 3. The van der Waals surface area contributed by atoms with Crippen molar-refractivity contribution in [3.8, 4) is 0 Å². The first-order chi connectivity index (χ1) is 12.1. The molecule has 0 heterocycles. The largest absolute Gasteiger partial charge is 0.391 e. The zero-order valence-corrected chi connectivity index (χ0v) is 17.2. The number of ether oxygens (including phenoxy) is 4. The summed E-state index contributed by atoms with van der Waals surface area (Å²) < 4.78 is 23.4. The van der Waals surface area contributed by atoms with Crippen molar-refractivity contribution < 1.29 is 24.1 Å². The van der Waals surface area contributed by atoms with Gasteiger partial charge in [0.2, 0.25) is 0 Å². The summed E-state index contributed by atoms with van der Waals surface area (Å²) in [5.41, 5.74) is 0. The van der Waals surface area contributed by atoms with E-state index in [1.165, 1.54) is 0 Å². The first-order valence-corrected chi connectivity index (χ1v) is 10.2. The standard InChI is InChI=1S/C20H42O5/c1-6-9-12-22-15-17(4)20(24-14-11-8-3)25-19(18(5)21)16-23-13-10-7-2/h17-21H,6-16H2,1-5H3/t17-,18-,19?,20+/m0/s1. The van der Waals surface area contributed by atoms with Crippen LogP contribution in [0.15, 0.2) is 0 Å². The zero-order valence-electron chi connectivity index (χ0n) is 17.2. The number of hydrogen-bond acceptors (Lipinski definition) is 5. The summed E-state index contributed by atoms with van der Waals surface area (Å²) in [5, 5.41) is 10.0. The number of aliphatic hydroxyl groups is 1. The van der Waals surface area contributed by atoms with Crippen LogP contribution in [0.4, 0.5) is 0 Å². The lowest BCUT2D eigenvalue weighted by Crippen LogP contribution is -2.40. The Morgan fingerprint density at radius 2 is 1.28 bits per heavy atom. The Morgan fingerprint density at radius 3 is 1.80 bits per heavy atom. The molecule has 0 saturated carbocycles. The quantitative estimate of drug-likeness (QED) is 0.293. The predicted molar refractivity (Wildman–Crippen MR) is 102 cm³/mol. The summed E-state index contributed by atoms with van der Waals surface area (Å²) >= 11 is 0. The van der Waals surface area contributed by atoms with Gasteiger partial charge in [-0.2, -0.15) is 0 Å². The maximum atomic E-state index is 10.0. The number of rotatable bonds is 18. The summed E-state index contributed by atoms with van der Waals surface area (Å²) in [4.78, 5) is 0. The fourth-order valence-electron chi connectivity index (χ4n) is 2.19. The van der Waals surface area contributed by atoms with E-state index in [0.717, 1.165) is 45.1 Å². The van der Waals surface area contributed by atoms with E-state index in [0.29, 0.717) is 26.4 Å². The van der Waals surface area contributed by atoms with Crippen molar-refractivity contribution >= 4 is 0 Å². The lowest BCUT2D eigenvalue weighted by atomic mass is 10.1. The Kier molecular flexibility index (Phi) is 17.1. The normalized spacial score (nSPS) is 16.6. The Morgan fingerprint density at radius 1 is 0.760 bits per heavy atom. The van der Waals surface area contributed by atoms with Crippen LogP contribution in [0.2, 0.25) is 0 Å². The first kappa shape index (κ1) is 24.8. The molecule has 5 heteroatoms. The molecule has 0 amide bonds. The van der Waals surface area contributed by atoms with Crippen molar-refractivity contribution in [1.29, 1.82) is 0 Å². The molecule has 0 aliphatic rings. The Labute approximate surface area is 155 Å². The van der Waals surface area contributed by atoms with Crippen LogP contribution >= 0.6 is 0 Å². The van der Waals surface area contributed by atoms with Crippen LogP contribution in [0.3, 0.4) is 0 Å². The highest BCUT2D eigenvalue weighted by molar-refractivity contribution is 4.68. The molecule has 0 fully saturated rings. The average molecular weight is 363 g/mol. The van der Waals surface area contributed by atoms with Crippen molar-refractivity contribution in [3.63, 3.8) is 0 Å². The number of hydrogen-bond donors (Lipinski definition) is 1. The van der Waals surface area contributed by atoms with Crippen molar-refractivity contribution in [3.05, 3.63) is 0 Å². The minimum atomic E-state index is -0.605. The smallest absolute Gasteiger partial charge is 0.162 e. The van der Waals surface area contributed by atoms with E-state index < -0.39 is 6.10 Å². The van der Waals surface area contributed by atoms with E-state index in [1.807, 2.05) is 0 Å². The SMILES string of the molecule is CCCCOCC(O[C@@H](OCCCC)[C@@H](C)COCCCC)[C@H](C)O. The maximum Gasteiger partial charge on any atom is 0.162 e. The van der Waals surface area contributed by atoms with Crippen molar-refractivity contribution in [2.24, 2.45) is 5.92 Å². The molecule has 4 atom stereocenters. The van der Waals surface area contributed by atoms with Gasteiger partial charge in [0.1, 0.15) is 6.10 Å². The molecule has 0 rings (SSSR count). The van der Waals surface area contributed by atoms with Crippen LogP contribution < -0.4 is 0 Å². The maximum absolute atomic E-state index is 10.0. The van der Waals surface area contributed by atoms with Gasteiger partial charge < -0.3 is 24.1 Å². The lowest BCUT2D eigenvalue weighted by molar-refractivity contribution is -0.227. The summed E-state index contributed by atoms with van der Waals surface area (Å²) in [5.74, 6) is 0.102. The Bertz CT molecular complexity index is 273. The fraction of sp³-hybridized carbons (Fsp3) is 1.00. The molecule has 1 N–H and O–H groups in total. The van der Waals surface area contributed by atoms with E-state index in [9.17, 15) is 5.11 Å². The second-order valence-electron chi connectivity index (χ2n) is 6.84. The van der Waals surface area contributed by atoms with Crippen LogP contribution in [-0.4, -0.2) is 56.6 Å². The molecule has 0 aliphatic heterocycles.